The first kappa shape index (κ1) is 33.2. The highest BCUT2D eigenvalue weighted by Gasteiger charge is 2.91. The van der Waals surface area contributed by atoms with E-state index in [1.54, 1.807) is 5.32 Å². The second-order valence-corrected chi connectivity index (χ2v) is 8.42. The molecule has 0 bridgehead atoms. The van der Waals surface area contributed by atoms with Gasteiger partial charge in [-0.2, -0.15) is 57.1 Å². The molecule has 0 saturated heterocycles. The summed E-state index contributed by atoms with van der Waals surface area (Å²) < 4.78 is 185. The van der Waals surface area contributed by atoms with Gasteiger partial charge in [-0.05, 0) is 24.5 Å². The quantitative estimate of drug-likeness (QED) is 0.206. The van der Waals surface area contributed by atoms with E-state index in [4.69, 9.17) is 0 Å². The van der Waals surface area contributed by atoms with E-state index in [0.29, 0.717) is 12.1 Å². The number of ether oxygens (including phenoxy) is 1. The van der Waals surface area contributed by atoms with Crippen LogP contribution in [0.3, 0.4) is 0 Å². The first-order valence-electron chi connectivity index (χ1n) is 11.1. The molecule has 0 unspecified atom stereocenters. The topological polar surface area (TPSA) is 38.3 Å². The Morgan fingerprint density at radius 1 is 0.700 bits per heavy atom. The highest BCUT2D eigenvalue weighted by molar-refractivity contribution is 5.76. The first-order chi connectivity index (χ1) is 18.2. The predicted molar refractivity (Wildman–Crippen MR) is 114 cm³/mol. The fourth-order valence-electron chi connectivity index (χ4n) is 3.52. The number of carbonyl (C=O) groups excluding carboxylic acids is 1. The molecule has 0 fully saturated rings. The molecule has 0 aliphatic rings. The molecule has 2 rings (SSSR count). The van der Waals surface area contributed by atoms with Crippen molar-refractivity contribution in [3.8, 4) is 0 Å². The smallest absolute Gasteiger partial charge is 0.460 e. The third-order valence-corrected chi connectivity index (χ3v) is 5.67. The Kier molecular flexibility index (Phi) is 9.49. The lowest BCUT2D eigenvalue weighted by atomic mass is 9.87. The largest absolute Gasteiger partial charge is 0.465 e. The van der Waals surface area contributed by atoms with E-state index in [2.05, 4.69) is 4.74 Å². The lowest BCUT2D eigenvalue weighted by Crippen LogP contribution is -2.71. The van der Waals surface area contributed by atoms with Crippen LogP contribution in [0.15, 0.2) is 60.7 Å². The van der Waals surface area contributed by atoms with Crippen LogP contribution in [-0.2, 0) is 16.0 Å². The van der Waals surface area contributed by atoms with Gasteiger partial charge in [-0.3, -0.25) is 10.1 Å². The summed E-state index contributed by atoms with van der Waals surface area (Å²) in [6, 6.07) is 5.66. The van der Waals surface area contributed by atoms with Gasteiger partial charge in [-0.15, -0.1) is 0 Å². The van der Waals surface area contributed by atoms with E-state index in [0.717, 1.165) is 18.2 Å². The Bertz CT molecular complexity index is 1120. The van der Waals surface area contributed by atoms with Gasteiger partial charge >= 0.3 is 41.8 Å². The lowest BCUT2D eigenvalue weighted by Gasteiger charge is -2.42. The summed E-state index contributed by atoms with van der Waals surface area (Å²) in [5.74, 6) is -39.3. The maximum Gasteiger partial charge on any atom is 0.460 e. The molecule has 0 heterocycles. The number of nitrogens with one attached hydrogen (secondary N) is 1. The molecule has 2 aromatic rings. The zero-order chi connectivity index (χ0) is 30.8. The minimum absolute atomic E-state index is 0.191. The third-order valence-electron chi connectivity index (χ3n) is 5.67. The molecule has 40 heavy (non-hydrogen) atoms. The number of hydrogen-bond donors (Lipinski definition) is 1. The van der Waals surface area contributed by atoms with E-state index in [9.17, 15) is 53.1 Å². The molecule has 0 spiro atoms. The Morgan fingerprint density at radius 3 is 1.60 bits per heavy atom. The van der Waals surface area contributed by atoms with Crippen molar-refractivity contribution in [2.75, 3.05) is 6.61 Å². The van der Waals surface area contributed by atoms with Gasteiger partial charge in [0.05, 0.1) is 6.61 Å². The summed E-state index contributed by atoms with van der Waals surface area (Å²) in [6.07, 6.45) is -8.13. The number of benzene rings is 2. The molecule has 2 atom stereocenters. The van der Waals surface area contributed by atoms with Crippen molar-refractivity contribution in [2.24, 2.45) is 0 Å². The van der Waals surface area contributed by atoms with Gasteiger partial charge in [-0.1, -0.05) is 60.7 Å². The summed E-state index contributed by atoms with van der Waals surface area (Å²) in [5, 5.41) is 1.65. The maximum absolute atomic E-state index is 15.3. The molecule has 3 nitrogen and oxygen atoms in total. The van der Waals surface area contributed by atoms with Crippen molar-refractivity contribution in [3.63, 3.8) is 0 Å². The molecular formula is C24H20F13NO2. The molecule has 1 N–H and O–H groups in total. The lowest BCUT2D eigenvalue weighted by molar-refractivity contribution is -0.441. The average molecular weight is 601 g/mol. The summed E-state index contributed by atoms with van der Waals surface area (Å²) in [7, 11) is 0. The zero-order valence-electron chi connectivity index (χ0n) is 20.1. The van der Waals surface area contributed by atoms with Gasteiger partial charge in [0.15, 0.2) is 0 Å². The first-order valence-corrected chi connectivity index (χ1v) is 11.1. The SMILES string of the molecule is CCOC(=O)[C@H](Cc1ccccc1)N[C@@H](c1ccccc1)C(F)(F)C(F)(F)C(F)(F)C(F)(F)C(F)(F)C(F)(F)F. The number of alkyl halides is 13. The number of hydrogen-bond acceptors (Lipinski definition) is 3. The van der Waals surface area contributed by atoms with Crippen LogP contribution >= 0.6 is 0 Å². The van der Waals surface area contributed by atoms with Crippen LogP contribution in [0.25, 0.3) is 0 Å². The van der Waals surface area contributed by atoms with Crippen LogP contribution in [-0.4, -0.2) is 54.4 Å². The maximum atomic E-state index is 15.3. The van der Waals surface area contributed by atoms with Gasteiger partial charge < -0.3 is 4.74 Å². The average Bonchev–Trinajstić information content (AvgIpc) is 2.86. The van der Waals surface area contributed by atoms with Gasteiger partial charge in [-0.25, -0.2) is 0 Å². The van der Waals surface area contributed by atoms with Gasteiger partial charge in [0.2, 0.25) is 0 Å². The summed E-state index contributed by atoms with van der Waals surface area (Å²) >= 11 is 0. The number of halogens is 13. The third kappa shape index (κ3) is 5.86. The van der Waals surface area contributed by atoms with Crippen molar-refractivity contribution in [2.45, 2.75) is 61.2 Å². The minimum Gasteiger partial charge on any atom is -0.465 e. The van der Waals surface area contributed by atoms with Gasteiger partial charge in [0.25, 0.3) is 0 Å². The molecular weight excluding hydrogens is 581 g/mol. The molecule has 0 aromatic heterocycles. The van der Waals surface area contributed by atoms with E-state index in [1.807, 2.05) is 0 Å². The molecule has 224 valence electrons. The van der Waals surface area contributed by atoms with Crippen LogP contribution < -0.4 is 5.32 Å². The number of esters is 1. The van der Waals surface area contributed by atoms with Crippen molar-refractivity contribution >= 4 is 5.97 Å². The Morgan fingerprint density at radius 2 is 1.15 bits per heavy atom. The fraction of sp³-hybridized carbons (Fsp3) is 0.458. The predicted octanol–water partition coefficient (Wildman–Crippen LogP) is 7.23. The van der Waals surface area contributed by atoms with E-state index >= 15 is 8.78 Å². The van der Waals surface area contributed by atoms with E-state index in [1.165, 1.54) is 37.3 Å². The van der Waals surface area contributed by atoms with Gasteiger partial charge in [0, 0.05) is 0 Å². The Labute approximate surface area is 218 Å². The highest BCUT2D eigenvalue weighted by atomic mass is 19.4. The summed E-state index contributed by atoms with van der Waals surface area (Å²) in [4.78, 5) is 12.5. The number of rotatable bonds is 12. The summed E-state index contributed by atoms with van der Waals surface area (Å²) in [6.45, 7) is 0.879. The van der Waals surface area contributed by atoms with Crippen LogP contribution in [0.1, 0.15) is 24.1 Å². The molecule has 0 amide bonds. The molecule has 0 aliphatic heterocycles. The van der Waals surface area contributed by atoms with Crippen molar-refractivity contribution in [3.05, 3.63) is 71.8 Å². The zero-order valence-corrected chi connectivity index (χ0v) is 20.1. The van der Waals surface area contributed by atoms with Crippen LogP contribution in [0.2, 0.25) is 0 Å². The molecule has 0 saturated carbocycles. The highest BCUT2D eigenvalue weighted by Crippen LogP contribution is 2.61. The molecule has 0 radical (unpaired) electrons. The molecule has 0 aliphatic carbocycles. The fourth-order valence-corrected chi connectivity index (χ4v) is 3.52. The second-order valence-electron chi connectivity index (χ2n) is 8.42. The minimum atomic E-state index is -8.04. The molecule has 16 heteroatoms. The van der Waals surface area contributed by atoms with Crippen molar-refractivity contribution < 1.29 is 66.6 Å². The van der Waals surface area contributed by atoms with E-state index < -0.39 is 65.8 Å². The van der Waals surface area contributed by atoms with E-state index in [-0.39, 0.29) is 12.2 Å². The Balaban J connectivity index is 2.68. The Hall–Kier alpha value is -3.04. The standard InChI is InChI=1S/C24H20F13NO2/c1-2-40-18(39)16(13-14-9-5-3-6-10-14)38-17(15-11-7-4-8-12-15)19(25,26)20(27,28)21(29,30)22(31,32)23(33,34)24(35,36)37/h3-12,16-17,38H,2,13H2,1H3/t16-,17-/m0/s1. The normalized spacial score (nSPS) is 15.4. The number of carbonyl (C=O) groups is 1. The monoisotopic (exact) mass is 601 g/mol. The van der Waals surface area contributed by atoms with Crippen LogP contribution in [0.5, 0.6) is 0 Å². The van der Waals surface area contributed by atoms with Gasteiger partial charge in [0.1, 0.15) is 12.1 Å². The van der Waals surface area contributed by atoms with Crippen LogP contribution in [0, 0.1) is 0 Å². The van der Waals surface area contributed by atoms with Crippen LogP contribution in [0.4, 0.5) is 57.1 Å². The summed E-state index contributed by atoms with van der Waals surface area (Å²) in [5.41, 5.74) is -0.840. The van der Waals surface area contributed by atoms with Crippen molar-refractivity contribution in [1.29, 1.82) is 0 Å². The second kappa shape index (κ2) is 11.4. The van der Waals surface area contributed by atoms with Crippen molar-refractivity contribution in [1.82, 2.24) is 5.32 Å². The molecule has 2 aromatic carbocycles.